The summed E-state index contributed by atoms with van der Waals surface area (Å²) >= 11 is 0. The number of hydrogen-bond donors (Lipinski definition) is 0. The van der Waals surface area contributed by atoms with Gasteiger partial charge in [0.05, 0.1) is 19.3 Å². The van der Waals surface area contributed by atoms with E-state index in [1.807, 2.05) is 25.8 Å². The fourth-order valence-electron chi connectivity index (χ4n) is 1.34. The molecule has 15 heavy (non-hydrogen) atoms. The van der Waals surface area contributed by atoms with E-state index in [1.165, 1.54) is 7.11 Å². The van der Waals surface area contributed by atoms with Crippen LogP contribution in [-0.4, -0.2) is 36.7 Å². The number of carbonyl (C=O) groups is 1. The molecule has 0 saturated heterocycles. The Hall–Kier alpha value is -1.36. The summed E-state index contributed by atoms with van der Waals surface area (Å²) < 4.78 is 9.62. The number of aryl methyl sites for hydroxylation is 2. The van der Waals surface area contributed by atoms with E-state index in [-0.39, 0.29) is 12.5 Å². The number of rotatable bonds is 4. The standard InChI is InChI=1S/C10H16N2O3/c1-7-9(8(2)15-11-7)5-12(3)6-10(13)14-4/h5-6H2,1-4H3. The van der Waals surface area contributed by atoms with E-state index < -0.39 is 0 Å². The largest absolute Gasteiger partial charge is 0.468 e. The van der Waals surface area contributed by atoms with E-state index in [0.717, 1.165) is 17.0 Å². The monoisotopic (exact) mass is 212 g/mol. The molecule has 0 radical (unpaired) electrons. The van der Waals surface area contributed by atoms with Crippen LogP contribution in [0.25, 0.3) is 0 Å². The van der Waals surface area contributed by atoms with Crippen molar-refractivity contribution in [1.82, 2.24) is 10.1 Å². The minimum atomic E-state index is -0.246. The predicted molar refractivity (Wildman–Crippen MR) is 54.3 cm³/mol. The molecule has 5 nitrogen and oxygen atoms in total. The fraction of sp³-hybridized carbons (Fsp3) is 0.600. The lowest BCUT2D eigenvalue weighted by Crippen LogP contribution is -2.26. The highest BCUT2D eigenvalue weighted by molar-refractivity contribution is 5.71. The number of nitrogens with zero attached hydrogens (tertiary/aromatic N) is 2. The van der Waals surface area contributed by atoms with Crippen molar-refractivity contribution in [1.29, 1.82) is 0 Å². The second-order valence-corrected chi connectivity index (χ2v) is 3.55. The third-order valence-corrected chi connectivity index (χ3v) is 2.24. The van der Waals surface area contributed by atoms with Gasteiger partial charge in [0.2, 0.25) is 0 Å². The van der Waals surface area contributed by atoms with Crippen molar-refractivity contribution in [3.8, 4) is 0 Å². The molecule has 0 aliphatic rings. The third-order valence-electron chi connectivity index (χ3n) is 2.24. The van der Waals surface area contributed by atoms with E-state index in [4.69, 9.17) is 4.52 Å². The molecule has 0 aliphatic carbocycles. The maximum Gasteiger partial charge on any atom is 0.319 e. The molecule has 0 aliphatic heterocycles. The Morgan fingerprint density at radius 2 is 2.20 bits per heavy atom. The highest BCUT2D eigenvalue weighted by Crippen LogP contribution is 2.13. The second kappa shape index (κ2) is 4.93. The van der Waals surface area contributed by atoms with Crippen molar-refractivity contribution in [2.45, 2.75) is 20.4 Å². The van der Waals surface area contributed by atoms with Crippen LogP contribution in [0.15, 0.2) is 4.52 Å². The maximum absolute atomic E-state index is 11.0. The van der Waals surface area contributed by atoms with Crippen LogP contribution in [0.4, 0.5) is 0 Å². The molecule has 1 aromatic rings. The van der Waals surface area contributed by atoms with Crippen LogP contribution in [0.5, 0.6) is 0 Å². The van der Waals surface area contributed by atoms with E-state index in [1.54, 1.807) is 0 Å². The molecule has 0 unspecified atom stereocenters. The van der Waals surface area contributed by atoms with Gasteiger partial charge < -0.3 is 9.26 Å². The quantitative estimate of drug-likeness (QED) is 0.694. The second-order valence-electron chi connectivity index (χ2n) is 3.55. The first kappa shape index (κ1) is 11.7. The van der Waals surface area contributed by atoms with Gasteiger partial charge in [-0.2, -0.15) is 0 Å². The highest BCUT2D eigenvalue weighted by atomic mass is 16.5. The van der Waals surface area contributed by atoms with Crippen LogP contribution in [0.1, 0.15) is 17.0 Å². The number of methoxy groups -OCH3 is 1. The van der Waals surface area contributed by atoms with Crippen molar-refractivity contribution in [3.63, 3.8) is 0 Å². The molecule has 1 heterocycles. The van der Waals surface area contributed by atoms with E-state index in [9.17, 15) is 4.79 Å². The van der Waals surface area contributed by atoms with Crippen LogP contribution in [0.3, 0.4) is 0 Å². The number of aromatic nitrogens is 1. The molecule has 1 rings (SSSR count). The Kier molecular flexibility index (Phi) is 3.85. The molecule has 0 N–H and O–H groups in total. The zero-order chi connectivity index (χ0) is 11.4. The van der Waals surface area contributed by atoms with E-state index in [2.05, 4.69) is 9.89 Å². The van der Waals surface area contributed by atoms with Gasteiger partial charge in [-0.25, -0.2) is 0 Å². The van der Waals surface area contributed by atoms with Crippen LogP contribution < -0.4 is 0 Å². The first-order valence-electron chi connectivity index (χ1n) is 4.71. The summed E-state index contributed by atoms with van der Waals surface area (Å²) in [4.78, 5) is 12.9. The van der Waals surface area contributed by atoms with Gasteiger partial charge >= 0.3 is 5.97 Å². The number of hydrogen-bond acceptors (Lipinski definition) is 5. The average Bonchev–Trinajstić information content (AvgIpc) is 2.49. The minimum Gasteiger partial charge on any atom is -0.468 e. The van der Waals surface area contributed by atoms with E-state index >= 15 is 0 Å². The summed E-state index contributed by atoms with van der Waals surface area (Å²) in [7, 11) is 3.23. The van der Waals surface area contributed by atoms with Crippen LogP contribution in [0.2, 0.25) is 0 Å². The van der Waals surface area contributed by atoms with Gasteiger partial charge in [0, 0.05) is 12.1 Å². The molecule has 5 heteroatoms. The first-order chi connectivity index (χ1) is 7.04. The Morgan fingerprint density at radius 3 is 2.67 bits per heavy atom. The summed E-state index contributed by atoms with van der Waals surface area (Å²) in [5.41, 5.74) is 1.89. The van der Waals surface area contributed by atoms with Gasteiger partial charge in [0.1, 0.15) is 5.76 Å². The fourth-order valence-corrected chi connectivity index (χ4v) is 1.34. The molecule has 1 aromatic heterocycles. The summed E-state index contributed by atoms with van der Waals surface area (Å²) in [5, 5.41) is 3.85. The first-order valence-corrected chi connectivity index (χ1v) is 4.71. The van der Waals surface area contributed by atoms with Gasteiger partial charge in [-0.15, -0.1) is 0 Å². The zero-order valence-electron chi connectivity index (χ0n) is 9.53. The van der Waals surface area contributed by atoms with Crippen molar-refractivity contribution in [3.05, 3.63) is 17.0 Å². The van der Waals surface area contributed by atoms with Gasteiger partial charge in [0.25, 0.3) is 0 Å². The smallest absolute Gasteiger partial charge is 0.319 e. The summed E-state index contributed by atoms with van der Waals surface area (Å²) in [6.07, 6.45) is 0. The topological polar surface area (TPSA) is 55.6 Å². The Balaban J connectivity index is 2.58. The van der Waals surface area contributed by atoms with Crippen molar-refractivity contribution < 1.29 is 14.1 Å². The zero-order valence-corrected chi connectivity index (χ0v) is 9.53. The normalized spacial score (nSPS) is 10.7. The summed E-state index contributed by atoms with van der Waals surface area (Å²) in [5.74, 6) is 0.550. The lowest BCUT2D eigenvalue weighted by atomic mass is 10.2. The molecule has 0 aromatic carbocycles. The molecule has 0 spiro atoms. The Morgan fingerprint density at radius 1 is 1.53 bits per heavy atom. The molecule has 0 bridgehead atoms. The van der Waals surface area contributed by atoms with Crippen molar-refractivity contribution in [2.24, 2.45) is 0 Å². The number of carbonyl (C=O) groups excluding carboxylic acids is 1. The summed E-state index contributed by atoms with van der Waals surface area (Å²) in [6, 6.07) is 0. The third kappa shape index (κ3) is 3.06. The molecule has 0 amide bonds. The number of esters is 1. The maximum atomic E-state index is 11.0. The Labute approximate surface area is 89.0 Å². The average molecular weight is 212 g/mol. The number of ether oxygens (including phenoxy) is 1. The van der Waals surface area contributed by atoms with Crippen LogP contribution >= 0.6 is 0 Å². The minimum absolute atomic E-state index is 0.246. The predicted octanol–water partition coefficient (Wildman–Crippen LogP) is 0.896. The lowest BCUT2D eigenvalue weighted by Gasteiger charge is -2.14. The lowest BCUT2D eigenvalue weighted by molar-refractivity contribution is -0.141. The number of likely N-dealkylation sites (N-methyl/N-ethyl adjacent to an activating group) is 1. The Bertz CT molecular complexity index is 327. The molecular formula is C10H16N2O3. The molecule has 84 valence electrons. The van der Waals surface area contributed by atoms with Crippen LogP contribution in [-0.2, 0) is 16.1 Å². The van der Waals surface area contributed by atoms with E-state index in [0.29, 0.717) is 6.54 Å². The van der Waals surface area contributed by atoms with Gasteiger partial charge in [-0.05, 0) is 20.9 Å². The van der Waals surface area contributed by atoms with Gasteiger partial charge in [0.15, 0.2) is 0 Å². The summed E-state index contributed by atoms with van der Waals surface area (Å²) in [6.45, 7) is 4.65. The van der Waals surface area contributed by atoms with Crippen LogP contribution in [0, 0.1) is 13.8 Å². The van der Waals surface area contributed by atoms with Gasteiger partial charge in [-0.3, -0.25) is 9.69 Å². The van der Waals surface area contributed by atoms with Crippen molar-refractivity contribution >= 4 is 5.97 Å². The van der Waals surface area contributed by atoms with Crippen molar-refractivity contribution in [2.75, 3.05) is 20.7 Å². The molecular weight excluding hydrogens is 196 g/mol. The molecule has 0 saturated carbocycles. The SMILES string of the molecule is COC(=O)CN(C)Cc1c(C)noc1C. The molecule has 0 atom stereocenters. The highest BCUT2D eigenvalue weighted by Gasteiger charge is 2.13. The van der Waals surface area contributed by atoms with Gasteiger partial charge in [-0.1, -0.05) is 5.16 Å². The molecule has 0 fully saturated rings.